The van der Waals surface area contributed by atoms with Gasteiger partial charge in [0.25, 0.3) is 0 Å². The first-order valence-electron chi connectivity index (χ1n) is 4.54. The summed E-state index contributed by atoms with van der Waals surface area (Å²) >= 11 is 0. The highest BCUT2D eigenvalue weighted by Crippen LogP contribution is 2.67. The van der Waals surface area contributed by atoms with E-state index in [0.717, 1.165) is 11.8 Å². The molecule has 1 heterocycles. The smallest absolute Gasteiger partial charge is 0.228 e. The lowest BCUT2D eigenvalue weighted by Crippen LogP contribution is -2.69. The molecule has 3 fully saturated rings. The average Bonchev–Trinajstić information content (AvgIpc) is 2.53. The van der Waals surface area contributed by atoms with Crippen molar-refractivity contribution in [1.29, 1.82) is 0 Å². The third-order valence-electron chi connectivity index (χ3n) is 3.58. The fraction of sp³-hybridized carbons (Fsp3) is 0.889. The van der Waals surface area contributed by atoms with E-state index in [1.807, 2.05) is 0 Å². The quantitative estimate of drug-likeness (QED) is 0.509. The molecule has 0 bridgehead atoms. The molecule has 0 aromatic carbocycles. The second-order valence-electron chi connectivity index (χ2n) is 4.42. The van der Waals surface area contributed by atoms with Crippen LogP contribution in [0.5, 0.6) is 0 Å². The van der Waals surface area contributed by atoms with E-state index in [0.29, 0.717) is 23.9 Å². The van der Waals surface area contributed by atoms with Crippen LogP contribution in [0.2, 0.25) is 0 Å². The molecule has 2 heteroatoms. The molecule has 0 unspecified atom stereocenters. The maximum Gasteiger partial charge on any atom is 0.228 e. The summed E-state index contributed by atoms with van der Waals surface area (Å²) in [6.45, 7) is 4.23. The molecule has 2 aliphatic carbocycles. The van der Waals surface area contributed by atoms with E-state index in [2.05, 4.69) is 18.7 Å². The van der Waals surface area contributed by atoms with Crippen LogP contribution in [-0.2, 0) is 4.79 Å². The molecule has 60 valence electrons. The molecule has 1 saturated heterocycles. The maximum absolute atomic E-state index is 11.4. The Kier molecular flexibility index (Phi) is 0.809. The van der Waals surface area contributed by atoms with E-state index in [9.17, 15) is 4.79 Å². The molecule has 0 aromatic heterocycles. The standard InChI is InChI=1S/C9H13NO/c1-4(2)10-8-6-3-5(6)7(8)9(10)11/h4-8H,3H2,1-2H3/t5-,6+,7+,8-/m1/s1. The monoisotopic (exact) mass is 151 g/mol. The number of hydrogen-bond donors (Lipinski definition) is 0. The minimum atomic E-state index is 0.434. The van der Waals surface area contributed by atoms with Crippen molar-refractivity contribution < 1.29 is 4.79 Å². The van der Waals surface area contributed by atoms with Gasteiger partial charge in [-0.2, -0.15) is 0 Å². The average molecular weight is 151 g/mol. The minimum absolute atomic E-state index is 0.434. The van der Waals surface area contributed by atoms with Crippen LogP contribution in [0, 0.1) is 17.8 Å². The molecule has 2 saturated carbocycles. The lowest BCUT2D eigenvalue weighted by molar-refractivity contribution is -0.173. The highest BCUT2D eigenvalue weighted by atomic mass is 16.2. The third-order valence-corrected chi connectivity index (χ3v) is 3.58. The lowest BCUT2D eigenvalue weighted by atomic mass is 9.70. The van der Waals surface area contributed by atoms with Gasteiger partial charge >= 0.3 is 0 Å². The van der Waals surface area contributed by atoms with Gasteiger partial charge in [0.05, 0.1) is 5.92 Å². The molecule has 3 rings (SSSR count). The van der Waals surface area contributed by atoms with Gasteiger partial charge in [0.2, 0.25) is 5.91 Å². The van der Waals surface area contributed by atoms with Gasteiger partial charge in [-0.3, -0.25) is 4.79 Å². The molecule has 2 nitrogen and oxygen atoms in total. The van der Waals surface area contributed by atoms with E-state index < -0.39 is 0 Å². The van der Waals surface area contributed by atoms with Gasteiger partial charge in [-0.1, -0.05) is 0 Å². The predicted octanol–water partition coefficient (Wildman–Crippen LogP) is 0.871. The Labute approximate surface area is 66.6 Å². The zero-order valence-corrected chi connectivity index (χ0v) is 6.95. The van der Waals surface area contributed by atoms with Gasteiger partial charge in [0.1, 0.15) is 0 Å². The first-order valence-corrected chi connectivity index (χ1v) is 4.54. The van der Waals surface area contributed by atoms with Crippen LogP contribution in [0.25, 0.3) is 0 Å². The summed E-state index contributed by atoms with van der Waals surface area (Å²) in [5, 5.41) is 0. The third kappa shape index (κ3) is 0.472. The predicted molar refractivity (Wildman–Crippen MR) is 40.9 cm³/mol. The molecular formula is C9H13NO. The van der Waals surface area contributed by atoms with Crippen molar-refractivity contribution in [2.24, 2.45) is 17.8 Å². The van der Waals surface area contributed by atoms with Gasteiger partial charge in [-0.15, -0.1) is 0 Å². The van der Waals surface area contributed by atoms with E-state index >= 15 is 0 Å². The van der Waals surface area contributed by atoms with E-state index in [-0.39, 0.29) is 0 Å². The fourth-order valence-corrected chi connectivity index (χ4v) is 2.96. The number of fused-ring (bicyclic) bond motifs is 4. The van der Waals surface area contributed by atoms with Gasteiger partial charge in [0.15, 0.2) is 0 Å². The number of piperidine rings is 1. The normalized spacial score (nSPS) is 51.2. The number of carbonyl (C=O) groups excluding carboxylic acids is 1. The molecule has 11 heavy (non-hydrogen) atoms. The van der Waals surface area contributed by atoms with E-state index in [1.165, 1.54) is 6.42 Å². The fourth-order valence-electron chi connectivity index (χ4n) is 2.96. The van der Waals surface area contributed by atoms with Crippen molar-refractivity contribution in [3.05, 3.63) is 0 Å². The van der Waals surface area contributed by atoms with Crippen molar-refractivity contribution in [2.45, 2.75) is 32.4 Å². The second-order valence-corrected chi connectivity index (χ2v) is 4.42. The second kappa shape index (κ2) is 1.47. The summed E-state index contributed by atoms with van der Waals surface area (Å²) in [4.78, 5) is 13.5. The van der Waals surface area contributed by atoms with Crippen LogP contribution in [0.4, 0.5) is 0 Å². The molecule has 1 aliphatic heterocycles. The summed E-state index contributed by atoms with van der Waals surface area (Å²) < 4.78 is 0. The Morgan fingerprint density at radius 1 is 1.45 bits per heavy atom. The van der Waals surface area contributed by atoms with Crippen LogP contribution < -0.4 is 0 Å². The number of nitrogens with zero attached hydrogens (tertiary/aromatic N) is 1. The number of amides is 1. The number of rotatable bonds is 1. The van der Waals surface area contributed by atoms with Crippen molar-refractivity contribution in [3.63, 3.8) is 0 Å². The molecule has 4 atom stereocenters. The molecule has 0 spiro atoms. The van der Waals surface area contributed by atoms with Gasteiger partial charge in [0, 0.05) is 12.1 Å². The van der Waals surface area contributed by atoms with Gasteiger partial charge in [-0.25, -0.2) is 0 Å². The molecule has 0 N–H and O–H groups in total. The number of likely N-dealkylation sites (tertiary alicyclic amines) is 1. The highest BCUT2D eigenvalue weighted by molar-refractivity contribution is 5.89. The SMILES string of the molecule is CC(C)N1C(=O)[C@H]2[C@@H]3C[C@@H]3[C@H]21. The van der Waals surface area contributed by atoms with Crippen LogP contribution >= 0.6 is 0 Å². The Morgan fingerprint density at radius 3 is 2.82 bits per heavy atom. The minimum Gasteiger partial charge on any atom is -0.336 e. The first-order chi connectivity index (χ1) is 5.22. The van der Waals surface area contributed by atoms with E-state index in [1.54, 1.807) is 0 Å². The van der Waals surface area contributed by atoms with Crippen LogP contribution in [0.15, 0.2) is 0 Å². The van der Waals surface area contributed by atoms with Gasteiger partial charge < -0.3 is 4.90 Å². The molecule has 0 aromatic rings. The number of β-lactam (4-membered cyclic amide) rings is 1. The zero-order valence-electron chi connectivity index (χ0n) is 6.95. The topological polar surface area (TPSA) is 20.3 Å². The maximum atomic E-state index is 11.4. The largest absolute Gasteiger partial charge is 0.336 e. The summed E-state index contributed by atoms with van der Waals surface area (Å²) in [6, 6.07) is 1.11. The Morgan fingerprint density at radius 2 is 2.18 bits per heavy atom. The zero-order chi connectivity index (χ0) is 7.75. The molecule has 1 amide bonds. The Bertz CT molecular complexity index is 236. The first kappa shape index (κ1) is 6.04. The van der Waals surface area contributed by atoms with Gasteiger partial charge in [-0.05, 0) is 32.1 Å². The van der Waals surface area contributed by atoms with Crippen molar-refractivity contribution in [2.75, 3.05) is 0 Å². The lowest BCUT2D eigenvalue weighted by Gasteiger charge is -2.56. The van der Waals surface area contributed by atoms with E-state index in [4.69, 9.17) is 0 Å². The summed E-state index contributed by atoms with van der Waals surface area (Å²) in [5.74, 6) is 2.65. The highest BCUT2D eigenvalue weighted by Gasteiger charge is 2.73. The van der Waals surface area contributed by atoms with Crippen molar-refractivity contribution in [3.8, 4) is 0 Å². The molecule has 3 aliphatic rings. The molecule has 0 radical (unpaired) electrons. The van der Waals surface area contributed by atoms with Crippen LogP contribution in [0.1, 0.15) is 20.3 Å². The Hall–Kier alpha value is -0.530. The summed E-state index contributed by atoms with van der Waals surface area (Å²) in [6.07, 6.45) is 1.34. The summed E-state index contributed by atoms with van der Waals surface area (Å²) in [5.41, 5.74) is 0. The van der Waals surface area contributed by atoms with Crippen LogP contribution in [0.3, 0.4) is 0 Å². The van der Waals surface area contributed by atoms with Crippen molar-refractivity contribution >= 4 is 5.91 Å². The molecular weight excluding hydrogens is 138 g/mol. The summed E-state index contributed by atoms with van der Waals surface area (Å²) in [7, 11) is 0. The number of carbonyl (C=O) groups is 1. The van der Waals surface area contributed by atoms with Crippen molar-refractivity contribution in [1.82, 2.24) is 4.90 Å². The van der Waals surface area contributed by atoms with Crippen LogP contribution in [-0.4, -0.2) is 22.9 Å². The Balaban J connectivity index is 1.84. The number of hydrogen-bond acceptors (Lipinski definition) is 1.